The lowest BCUT2D eigenvalue weighted by Crippen LogP contribution is -2.53. The molecule has 0 aliphatic carbocycles. The summed E-state index contributed by atoms with van der Waals surface area (Å²) in [7, 11) is 0. The molecule has 2 saturated heterocycles. The third kappa shape index (κ3) is 2.33. The molecule has 4 unspecified atom stereocenters. The number of aliphatic hydroxyl groups excluding tert-OH is 1. The van der Waals surface area contributed by atoms with Gasteiger partial charge in [-0.3, -0.25) is 9.59 Å². The third-order valence-electron chi connectivity index (χ3n) is 3.68. The van der Waals surface area contributed by atoms with Crippen molar-refractivity contribution in [3.8, 4) is 0 Å². The van der Waals surface area contributed by atoms with Crippen LogP contribution in [0.25, 0.3) is 0 Å². The zero-order chi connectivity index (χ0) is 13.3. The summed E-state index contributed by atoms with van der Waals surface area (Å²) < 4.78 is 5.15. The number of rotatable bonds is 3. The molecule has 0 bridgehead atoms. The molecule has 0 aromatic heterocycles. The molecule has 2 aliphatic rings. The van der Waals surface area contributed by atoms with E-state index in [1.807, 2.05) is 0 Å². The topological polar surface area (TPSA) is 108 Å². The first-order chi connectivity index (χ1) is 8.43. The highest BCUT2D eigenvalue weighted by Gasteiger charge is 2.48. The normalized spacial score (nSPS) is 39.8. The largest absolute Gasteiger partial charge is 0.481 e. The highest BCUT2D eigenvalue weighted by molar-refractivity contribution is 5.84. The maximum absolute atomic E-state index is 11.9. The van der Waals surface area contributed by atoms with Crippen LogP contribution in [0.4, 0.5) is 0 Å². The van der Waals surface area contributed by atoms with Gasteiger partial charge in [0.2, 0.25) is 5.91 Å². The molecule has 2 fully saturated rings. The summed E-state index contributed by atoms with van der Waals surface area (Å²) in [5.41, 5.74) is -1.09. The summed E-state index contributed by atoms with van der Waals surface area (Å²) in [6.07, 6.45) is -0.171. The van der Waals surface area contributed by atoms with Crippen molar-refractivity contribution in [2.24, 2.45) is 5.41 Å². The number of hydrogen-bond donors (Lipinski definition) is 4. The van der Waals surface area contributed by atoms with Crippen LogP contribution in [-0.2, 0) is 14.3 Å². The Hall–Kier alpha value is -1.18. The Bertz CT molecular complexity index is 361. The molecule has 2 heterocycles. The highest BCUT2D eigenvalue weighted by Crippen LogP contribution is 2.28. The van der Waals surface area contributed by atoms with Crippen LogP contribution in [0.3, 0.4) is 0 Å². The molecule has 4 atom stereocenters. The van der Waals surface area contributed by atoms with Gasteiger partial charge in [-0.2, -0.15) is 0 Å². The number of carbonyl (C=O) groups excluding carboxylic acids is 1. The number of hydrogen-bond acceptors (Lipinski definition) is 5. The van der Waals surface area contributed by atoms with Gasteiger partial charge < -0.3 is 25.6 Å². The minimum atomic E-state index is -1.09. The second-order valence-corrected chi connectivity index (χ2v) is 5.15. The smallest absolute Gasteiger partial charge is 0.313 e. The number of aliphatic hydroxyl groups is 1. The van der Waals surface area contributed by atoms with E-state index in [2.05, 4.69) is 10.6 Å². The quantitative estimate of drug-likeness (QED) is 0.481. The predicted molar refractivity (Wildman–Crippen MR) is 60.9 cm³/mol. The van der Waals surface area contributed by atoms with Crippen LogP contribution in [0.15, 0.2) is 0 Å². The summed E-state index contributed by atoms with van der Waals surface area (Å²) in [6.45, 7) is 2.23. The summed E-state index contributed by atoms with van der Waals surface area (Å²) in [6, 6.07) is -0.999. The molecular weight excluding hydrogens is 240 g/mol. The minimum Gasteiger partial charge on any atom is -0.481 e. The van der Waals surface area contributed by atoms with Gasteiger partial charge in [0.05, 0.1) is 31.4 Å². The van der Waals surface area contributed by atoms with Crippen LogP contribution in [0, 0.1) is 5.41 Å². The Morgan fingerprint density at radius 2 is 2.22 bits per heavy atom. The fourth-order valence-corrected chi connectivity index (χ4v) is 2.27. The van der Waals surface area contributed by atoms with Crippen LogP contribution < -0.4 is 10.6 Å². The first-order valence-corrected chi connectivity index (χ1v) is 5.96. The van der Waals surface area contributed by atoms with Gasteiger partial charge in [0.1, 0.15) is 5.41 Å². The van der Waals surface area contributed by atoms with E-state index in [4.69, 9.17) is 4.74 Å². The predicted octanol–water partition coefficient (Wildman–Crippen LogP) is -1.68. The maximum Gasteiger partial charge on any atom is 0.313 e. The van der Waals surface area contributed by atoms with Crippen LogP contribution >= 0.6 is 0 Å². The second kappa shape index (κ2) is 4.83. The molecule has 2 rings (SSSR count). The van der Waals surface area contributed by atoms with Gasteiger partial charge in [0.25, 0.3) is 0 Å². The van der Waals surface area contributed by atoms with Crippen molar-refractivity contribution < 1.29 is 24.5 Å². The lowest BCUT2D eigenvalue weighted by Gasteiger charge is -2.26. The second-order valence-electron chi connectivity index (χ2n) is 5.15. The van der Waals surface area contributed by atoms with Crippen LogP contribution in [-0.4, -0.2) is 60.0 Å². The number of amides is 1. The molecular formula is C11H18N2O5. The van der Waals surface area contributed by atoms with Crippen molar-refractivity contribution in [3.63, 3.8) is 0 Å². The molecule has 0 spiro atoms. The van der Waals surface area contributed by atoms with E-state index in [0.717, 1.165) is 0 Å². The van der Waals surface area contributed by atoms with E-state index in [1.165, 1.54) is 0 Å². The van der Waals surface area contributed by atoms with Gasteiger partial charge in [-0.25, -0.2) is 0 Å². The molecule has 0 aromatic rings. The van der Waals surface area contributed by atoms with Crippen LogP contribution in [0.5, 0.6) is 0 Å². The van der Waals surface area contributed by atoms with Gasteiger partial charge >= 0.3 is 5.97 Å². The van der Waals surface area contributed by atoms with Crippen LogP contribution in [0.1, 0.15) is 13.3 Å². The Labute approximate surface area is 105 Å². The van der Waals surface area contributed by atoms with Crippen molar-refractivity contribution >= 4 is 11.9 Å². The summed E-state index contributed by atoms with van der Waals surface area (Å²) in [5, 5.41) is 24.1. The molecule has 2 aliphatic heterocycles. The molecule has 1 amide bonds. The number of β-amino-alcohol motifs (C(OH)–C–C–N with tert-alkyl or cyclic N) is 1. The zero-order valence-corrected chi connectivity index (χ0v) is 10.2. The van der Waals surface area contributed by atoms with E-state index < -0.39 is 29.6 Å². The monoisotopic (exact) mass is 258 g/mol. The molecule has 0 saturated carbocycles. The Balaban J connectivity index is 1.96. The molecule has 102 valence electrons. The highest BCUT2D eigenvalue weighted by atomic mass is 16.5. The van der Waals surface area contributed by atoms with Gasteiger partial charge in [0, 0.05) is 6.54 Å². The Kier molecular flexibility index (Phi) is 3.56. The summed E-state index contributed by atoms with van der Waals surface area (Å²) in [5.74, 6) is -1.26. The number of carboxylic acid groups (broad SMARTS) is 1. The van der Waals surface area contributed by atoms with E-state index in [-0.39, 0.29) is 19.1 Å². The lowest BCUT2D eigenvalue weighted by atomic mass is 9.85. The zero-order valence-electron chi connectivity index (χ0n) is 10.2. The fourth-order valence-electron chi connectivity index (χ4n) is 2.27. The molecule has 18 heavy (non-hydrogen) atoms. The standard InChI is InChI=1S/C11H18N2O5/c1-11(10(16)17)5-18-4-8(11)13-9(15)7-2-6(14)3-12-7/h6-8,12,14H,2-5H2,1H3,(H,13,15)(H,16,17). The van der Waals surface area contributed by atoms with Crippen molar-refractivity contribution in [1.82, 2.24) is 10.6 Å². The van der Waals surface area contributed by atoms with Gasteiger partial charge in [-0.1, -0.05) is 0 Å². The van der Waals surface area contributed by atoms with E-state index >= 15 is 0 Å². The Morgan fingerprint density at radius 1 is 1.50 bits per heavy atom. The van der Waals surface area contributed by atoms with E-state index in [1.54, 1.807) is 6.92 Å². The Morgan fingerprint density at radius 3 is 2.78 bits per heavy atom. The average molecular weight is 258 g/mol. The first-order valence-electron chi connectivity index (χ1n) is 5.96. The maximum atomic E-state index is 11.9. The minimum absolute atomic E-state index is 0.0913. The van der Waals surface area contributed by atoms with E-state index in [0.29, 0.717) is 13.0 Å². The number of ether oxygens (including phenoxy) is 1. The number of carbonyl (C=O) groups is 2. The van der Waals surface area contributed by atoms with E-state index in [9.17, 15) is 19.8 Å². The molecule has 0 aromatic carbocycles. The number of nitrogens with one attached hydrogen (secondary N) is 2. The van der Waals surface area contributed by atoms with Gasteiger partial charge in [0.15, 0.2) is 0 Å². The van der Waals surface area contributed by atoms with Crippen LogP contribution in [0.2, 0.25) is 0 Å². The SMILES string of the molecule is CC1(C(=O)O)COCC1NC(=O)C1CC(O)CN1. The average Bonchev–Trinajstić information content (AvgIpc) is 2.87. The fraction of sp³-hybridized carbons (Fsp3) is 0.818. The molecule has 4 N–H and O–H groups in total. The van der Waals surface area contributed by atoms with Crippen molar-refractivity contribution in [2.75, 3.05) is 19.8 Å². The summed E-state index contributed by atoms with van der Waals surface area (Å²) in [4.78, 5) is 23.1. The van der Waals surface area contributed by atoms with Crippen molar-refractivity contribution in [1.29, 1.82) is 0 Å². The number of aliphatic carboxylic acids is 1. The van der Waals surface area contributed by atoms with Gasteiger partial charge in [-0.05, 0) is 13.3 Å². The third-order valence-corrected chi connectivity index (χ3v) is 3.68. The summed E-state index contributed by atoms with van der Waals surface area (Å²) >= 11 is 0. The van der Waals surface area contributed by atoms with Crippen molar-refractivity contribution in [3.05, 3.63) is 0 Å². The molecule has 0 radical (unpaired) electrons. The van der Waals surface area contributed by atoms with Crippen molar-refractivity contribution in [2.45, 2.75) is 31.5 Å². The molecule has 7 nitrogen and oxygen atoms in total. The molecule has 7 heteroatoms. The van der Waals surface area contributed by atoms with Gasteiger partial charge in [-0.15, -0.1) is 0 Å². The lowest BCUT2D eigenvalue weighted by molar-refractivity contribution is -0.149. The number of carboxylic acids is 1. The first kappa shape index (κ1) is 13.3.